The Hall–Kier alpha value is -1.07. The van der Waals surface area contributed by atoms with E-state index in [1.54, 1.807) is 7.05 Å². The molecule has 1 saturated heterocycles. The van der Waals surface area contributed by atoms with Crippen LogP contribution in [0.5, 0.6) is 0 Å². The average Bonchev–Trinajstić information content (AvgIpc) is 2.43. The fraction of sp³-hybridized carbons (Fsp3) is 0.500. The molecule has 19 heavy (non-hydrogen) atoms. The number of nitrogens with two attached hydrogens (primary N) is 1. The number of halogens is 1. The Morgan fingerprint density at radius 2 is 2.32 bits per heavy atom. The van der Waals surface area contributed by atoms with E-state index in [9.17, 15) is 4.79 Å². The number of hydrogen-bond donors (Lipinski definition) is 2. The van der Waals surface area contributed by atoms with Crippen LogP contribution in [0.3, 0.4) is 0 Å². The van der Waals surface area contributed by atoms with E-state index in [-0.39, 0.29) is 11.9 Å². The van der Waals surface area contributed by atoms with Crippen molar-refractivity contribution in [3.8, 4) is 0 Å². The van der Waals surface area contributed by atoms with Gasteiger partial charge in [0.05, 0.1) is 6.04 Å². The summed E-state index contributed by atoms with van der Waals surface area (Å²) in [6, 6.07) is 5.86. The summed E-state index contributed by atoms with van der Waals surface area (Å²) in [7, 11) is 1.70. The van der Waals surface area contributed by atoms with E-state index in [0.717, 1.165) is 48.1 Å². The molecule has 0 radical (unpaired) electrons. The molecule has 3 N–H and O–H groups in total. The van der Waals surface area contributed by atoms with Crippen molar-refractivity contribution in [1.29, 1.82) is 0 Å². The van der Waals surface area contributed by atoms with Crippen molar-refractivity contribution in [2.75, 3.05) is 19.3 Å². The number of hydrogen-bond acceptors (Lipinski definition) is 3. The van der Waals surface area contributed by atoms with Crippen LogP contribution in [-0.2, 0) is 11.3 Å². The largest absolute Gasteiger partial charge is 0.398 e. The van der Waals surface area contributed by atoms with Crippen molar-refractivity contribution in [1.82, 2.24) is 10.2 Å². The van der Waals surface area contributed by atoms with E-state index in [1.165, 1.54) is 0 Å². The second-order valence-electron chi connectivity index (χ2n) is 4.92. The number of rotatable bonds is 3. The van der Waals surface area contributed by atoms with Gasteiger partial charge in [0.2, 0.25) is 5.91 Å². The molecule has 0 saturated carbocycles. The normalized spacial score (nSPS) is 20.2. The lowest BCUT2D eigenvalue weighted by molar-refractivity contribution is -0.127. The quantitative estimate of drug-likeness (QED) is 0.837. The molecule has 1 fully saturated rings. The van der Waals surface area contributed by atoms with Crippen molar-refractivity contribution in [2.45, 2.75) is 31.8 Å². The molecule has 4 nitrogen and oxygen atoms in total. The van der Waals surface area contributed by atoms with Crippen LogP contribution in [-0.4, -0.2) is 30.4 Å². The van der Waals surface area contributed by atoms with Crippen LogP contribution in [0.1, 0.15) is 24.8 Å². The van der Waals surface area contributed by atoms with Crippen LogP contribution in [0.2, 0.25) is 0 Å². The lowest BCUT2D eigenvalue weighted by atomic mass is 10.0. The van der Waals surface area contributed by atoms with Crippen LogP contribution in [0.15, 0.2) is 22.7 Å². The molecule has 0 spiro atoms. The Kier molecular flexibility index (Phi) is 4.82. The van der Waals surface area contributed by atoms with Gasteiger partial charge in [-0.2, -0.15) is 0 Å². The second kappa shape index (κ2) is 6.39. The van der Waals surface area contributed by atoms with Gasteiger partial charge < -0.3 is 11.1 Å². The summed E-state index contributed by atoms with van der Waals surface area (Å²) in [6.45, 7) is 1.71. The number of carbonyl (C=O) groups excluding carboxylic acids is 1. The Balaban J connectivity index is 2.15. The lowest BCUT2D eigenvalue weighted by Crippen LogP contribution is -2.48. The van der Waals surface area contributed by atoms with Gasteiger partial charge in [-0.15, -0.1) is 0 Å². The standard InChI is InChI=1S/C14H20BrN3O/c1-17-14(19)12-7-2-3-8-18(12)9-10-5-4-6-11(16)13(10)15/h4-6,12H,2-3,7-9,16H2,1H3,(H,17,19). The summed E-state index contributed by atoms with van der Waals surface area (Å²) < 4.78 is 0.941. The highest BCUT2D eigenvalue weighted by Gasteiger charge is 2.28. The summed E-state index contributed by atoms with van der Waals surface area (Å²) in [6.07, 6.45) is 3.19. The molecule has 1 aliphatic rings. The van der Waals surface area contributed by atoms with Gasteiger partial charge in [0.15, 0.2) is 0 Å². The van der Waals surface area contributed by atoms with Gasteiger partial charge in [-0.05, 0) is 46.9 Å². The van der Waals surface area contributed by atoms with E-state index < -0.39 is 0 Å². The Morgan fingerprint density at radius 3 is 3.05 bits per heavy atom. The van der Waals surface area contributed by atoms with Gasteiger partial charge in [0.25, 0.3) is 0 Å². The van der Waals surface area contributed by atoms with E-state index in [1.807, 2.05) is 12.1 Å². The highest BCUT2D eigenvalue weighted by atomic mass is 79.9. The van der Waals surface area contributed by atoms with Crippen LogP contribution in [0.4, 0.5) is 5.69 Å². The Morgan fingerprint density at radius 1 is 1.53 bits per heavy atom. The van der Waals surface area contributed by atoms with Crippen LogP contribution < -0.4 is 11.1 Å². The zero-order valence-corrected chi connectivity index (χ0v) is 12.7. The van der Waals surface area contributed by atoms with E-state index >= 15 is 0 Å². The maximum Gasteiger partial charge on any atom is 0.237 e. The van der Waals surface area contributed by atoms with Gasteiger partial charge in [0, 0.05) is 23.8 Å². The fourth-order valence-corrected chi connectivity index (χ4v) is 2.97. The number of nitrogen functional groups attached to an aromatic ring is 1. The van der Waals surface area contributed by atoms with Gasteiger partial charge in [0.1, 0.15) is 0 Å². The van der Waals surface area contributed by atoms with Gasteiger partial charge in [-0.3, -0.25) is 9.69 Å². The first-order chi connectivity index (χ1) is 9.13. The third-order valence-corrected chi connectivity index (χ3v) is 4.61. The second-order valence-corrected chi connectivity index (χ2v) is 5.71. The number of carbonyl (C=O) groups is 1. The monoisotopic (exact) mass is 325 g/mol. The van der Waals surface area contributed by atoms with Gasteiger partial charge in [-0.25, -0.2) is 0 Å². The summed E-state index contributed by atoms with van der Waals surface area (Å²) in [5, 5.41) is 2.76. The zero-order chi connectivity index (χ0) is 13.8. The summed E-state index contributed by atoms with van der Waals surface area (Å²) in [5.41, 5.74) is 7.78. The molecule has 1 unspecified atom stereocenters. The van der Waals surface area contributed by atoms with E-state index in [2.05, 4.69) is 32.2 Å². The molecule has 0 aliphatic carbocycles. The van der Waals surface area contributed by atoms with Crippen LogP contribution in [0.25, 0.3) is 0 Å². The molecule has 1 aliphatic heterocycles. The molecule has 1 atom stereocenters. The van der Waals surface area contributed by atoms with Crippen molar-refractivity contribution < 1.29 is 4.79 Å². The molecular weight excluding hydrogens is 306 g/mol. The Labute approximate surface area is 122 Å². The fourth-order valence-electron chi connectivity index (χ4n) is 2.58. The molecular formula is C14H20BrN3O. The van der Waals surface area contributed by atoms with Gasteiger partial charge in [-0.1, -0.05) is 18.6 Å². The molecule has 0 bridgehead atoms. The molecule has 1 aromatic rings. The predicted molar refractivity (Wildman–Crippen MR) is 80.7 cm³/mol. The first-order valence-corrected chi connectivity index (χ1v) is 7.41. The molecule has 1 aromatic carbocycles. The van der Waals surface area contributed by atoms with E-state index in [4.69, 9.17) is 5.73 Å². The lowest BCUT2D eigenvalue weighted by Gasteiger charge is -2.34. The number of amides is 1. The molecule has 1 amide bonds. The minimum Gasteiger partial charge on any atom is -0.398 e. The number of likely N-dealkylation sites (tertiary alicyclic amines) is 1. The maximum atomic E-state index is 11.9. The first-order valence-electron chi connectivity index (χ1n) is 6.62. The average molecular weight is 326 g/mol. The summed E-state index contributed by atoms with van der Waals surface area (Å²) in [5.74, 6) is 0.111. The number of piperidine rings is 1. The molecule has 0 aromatic heterocycles. The summed E-state index contributed by atoms with van der Waals surface area (Å²) in [4.78, 5) is 14.2. The smallest absolute Gasteiger partial charge is 0.237 e. The molecule has 5 heteroatoms. The predicted octanol–water partition coefficient (Wildman–Crippen LogP) is 2.13. The number of nitrogens with zero attached hydrogens (tertiary/aromatic N) is 1. The topological polar surface area (TPSA) is 58.4 Å². The van der Waals surface area contributed by atoms with Crippen molar-refractivity contribution in [3.63, 3.8) is 0 Å². The van der Waals surface area contributed by atoms with Crippen molar-refractivity contribution in [2.24, 2.45) is 0 Å². The third-order valence-electron chi connectivity index (χ3n) is 3.64. The molecule has 2 rings (SSSR count). The maximum absolute atomic E-state index is 11.9. The summed E-state index contributed by atoms with van der Waals surface area (Å²) >= 11 is 3.53. The molecule has 1 heterocycles. The van der Waals surface area contributed by atoms with Crippen LogP contribution >= 0.6 is 15.9 Å². The Bertz CT molecular complexity index is 464. The van der Waals surface area contributed by atoms with Crippen molar-refractivity contribution in [3.05, 3.63) is 28.2 Å². The van der Waals surface area contributed by atoms with Crippen molar-refractivity contribution >= 4 is 27.5 Å². The van der Waals surface area contributed by atoms with Gasteiger partial charge >= 0.3 is 0 Å². The number of benzene rings is 1. The first kappa shape index (κ1) is 14.3. The highest BCUT2D eigenvalue weighted by Crippen LogP contribution is 2.27. The minimum atomic E-state index is -0.0212. The van der Waals surface area contributed by atoms with Crippen LogP contribution in [0, 0.1) is 0 Å². The number of anilines is 1. The molecule has 104 valence electrons. The SMILES string of the molecule is CNC(=O)C1CCCCN1Cc1cccc(N)c1Br. The third kappa shape index (κ3) is 3.28. The number of likely N-dealkylation sites (N-methyl/N-ethyl adjacent to an activating group) is 1. The number of nitrogens with one attached hydrogen (secondary N) is 1. The van der Waals surface area contributed by atoms with E-state index in [0.29, 0.717) is 0 Å². The highest BCUT2D eigenvalue weighted by molar-refractivity contribution is 9.10. The minimum absolute atomic E-state index is 0.0212. The zero-order valence-electron chi connectivity index (χ0n) is 11.2.